The average Bonchev–Trinajstić information content (AvgIpc) is 2.79. The van der Waals surface area contributed by atoms with Gasteiger partial charge in [0.25, 0.3) is 10.0 Å². The van der Waals surface area contributed by atoms with E-state index in [0.717, 1.165) is 12.1 Å². The number of rotatable bonds is 6. The van der Waals surface area contributed by atoms with Gasteiger partial charge < -0.3 is 14.9 Å². The smallest absolute Gasteiger partial charge is 0.335 e. The summed E-state index contributed by atoms with van der Waals surface area (Å²) in [4.78, 5) is 15.0. The van der Waals surface area contributed by atoms with Crippen molar-refractivity contribution in [1.82, 2.24) is 0 Å². The van der Waals surface area contributed by atoms with Crippen molar-refractivity contribution in [2.75, 3.05) is 40.7 Å². The molecule has 3 aromatic carbocycles. The Morgan fingerprint density at radius 2 is 1.52 bits per heavy atom. The van der Waals surface area contributed by atoms with E-state index >= 15 is 0 Å². The second-order valence-electron chi connectivity index (χ2n) is 7.53. The molecule has 0 saturated carbocycles. The van der Waals surface area contributed by atoms with Gasteiger partial charge >= 0.3 is 5.97 Å². The van der Waals surface area contributed by atoms with Crippen LogP contribution in [0.2, 0.25) is 0 Å². The fraction of sp³-hybridized carbons (Fsp3) is 0.174. The minimum Gasteiger partial charge on any atom is -0.478 e. The summed E-state index contributed by atoms with van der Waals surface area (Å²) in [6, 6.07) is 15.2. The number of halogens is 2. The van der Waals surface area contributed by atoms with E-state index in [-0.39, 0.29) is 22.0 Å². The molecule has 0 atom stereocenters. The molecule has 33 heavy (non-hydrogen) atoms. The molecule has 3 aromatic rings. The lowest BCUT2D eigenvalue weighted by atomic mass is 10.1. The van der Waals surface area contributed by atoms with Gasteiger partial charge in [-0.25, -0.2) is 22.0 Å². The van der Waals surface area contributed by atoms with Crippen molar-refractivity contribution in [3.8, 4) is 0 Å². The van der Waals surface area contributed by atoms with E-state index in [1.165, 1.54) is 36.4 Å². The van der Waals surface area contributed by atoms with Gasteiger partial charge in [-0.05, 0) is 48.5 Å². The normalized spacial score (nSPS) is 14.2. The number of carboxylic acids is 1. The topological polar surface area (TPSA) is 89.9 Å². The van der Waals surface area contributed by atoms with Crippen LogP contribution < -0.4 is 14.5 Å². The van der Waals surface area contributed by atoms with Crippen molar-refractivity contribution in [3.63, 3.8) is 0 Å². The molecule has 1 aliphatic rings. The third kappa shape index (κ3) is 4.90. The summed E-state index contributed by atoms with van der Waals surface area (Å²) in [6.07, 6.45) is 0. The summed E-state index contributed by atoms with van der Waals surface area (Å²) < 4.78 is 55.8. The fourth-order valence-electron chi connectivity index (χ4n) is 3.76. The first kappa shape index (κ1) is 22.5. The van der Waals surface area contributed by atoms with Crippen LogP contribution in [0.1, 0.15) is 10.4 Å². The zero-order valence-corrected chi connectivity index (χ0v) is 18.2. The number of carboxylic acid groups (broad SMARTS) is 1. The second-order valence-corrected chi connectivity index (χ2v) is 9.21. The lowest BCUT2D eigenvalue weighted by Crippen LogP contribution is -2.47. The van der Waals surface area contributed by atoms with Gasteiger partial charge in [-0.3, -0.25) is 4.72 Å². The molecule has 172 valence electrons. The molecule has 2 N–H and O–H groups in total. The number of aromatic carboxylic acids is 1. The third-order valence-corrected chi connectivity index (χ3v) is 6.77. The molecule has 0 radical (unpaired) electrons. The first-order valence-corrected chi connectivity index (χ1v) is 11.6. The minimum absolute atomic E-state index is 0.0681. The maximum absolute atomic E-state index is 14.1. The molecule has 0 aromatic heterocycles. The summed E-state index contributed by atoms with van der Waals surface area (Å²) in [5.41, 5.74) is 0.942. The summed E-state index contributed by atoms with van der Waals surface area (Å²) in [5.74, 6) is -2.24. The van der Waals surface area contributed by atoms with E-state index < -0.39 is 21.8 Å². The van der Waals surface area contributed by atoms with E-state index in [0.29, 0.717) is 37.6 Å². The van der Waals surface area contributed by atoms with Crippen LogP contribution in [0.25, 0.3) is 0 Å². The summed E-state index contributed by atoms with van der Waals surface area (Å²) in [5, 5.41) is 9.37. The molecule has 7 nitrogen and oxygen atoms in total. The molecule has 0 bridgehead atoms. The van der Waals surface area contributed by atoms with Crippen molar-refractivity contribution < 1.29 is 27.1 Å². The van der Waals surface area contributed by atoms with Crippen LogP contribution in [0.3, 0.4) is 0 Å². The van der Waals surface area contributed by atoms with Crippen molar-refractivity contribution in [3.05, 3.63) is 83.9 Å². The number of sulfonamides is 1. The average molecular weight is 474 g/mol. The van der Waals surface area contributed by atoms with Crippen LogP contribution in [-0.2, 0) is 10.0 Å². The molecular weight excluding hydrogens is 452 g/mol. The van der Waals surface area contributed by atoms with Crippen LogP contribution in [0, 0.1) is 11.6 Å². The quantitative estimate of drug-likeness (QED) is 0.566. The molecule has 1 fully saturated rings. The Bertz CT molecular complexity index is 1290. The van der Waals surface area contributed by atoms with Gasteiger partial charge in [-0.2, -0.15) is 0 Å². The number of piperazine rings is 1. The highest BCUT2D eigenvalue weighted by atomic mass is 32.2. The fourth-order valence-corrected chi connectivity index (χ4v) is 4.86. The molecule has 10 heteroatoms. The summed E-state index contributed by atoms with van der Waals surface area (Å²) in [6.45, 7) is 1.88. The summed E-state index contributed by atoms with van der Waals surface area (Å²) >= 11 is 0. The van der Waals surface area contributed by atoms with Gasteiger partial charge in [-0.15, -0.1) is 0 Å². The zero-order chi connectivity index (χ0) is 23.6. The van der Waals surface area contributed by atoms with Gasteiger partial charge in [0.05, 0.1) is 27.5 Å². The van der Waals surface area contributed by atoms with E-state index in [4.69, 9.17) is 0 Å². The van der Waals surface area contributed by atoms with Crippen LogP contribution >= 0.6 is 0 Å². The predicted molar refractivity (Wildman–Crippen MR) is 121 cm³/mol. The Morgan fingerprint density at radius 3 is 2.15 bits per heavy atom. The Balaban J connectivity index is 1.61. The maximum atomic E-state index is 14.1. The number of anilines is 3. The van der Waals surface area contributed by atoms with Crippen LogP contribution in [0.5, 0.6) is 0 Å². The number of hydrogen-bond acceptors (Lipinski definition) is 5. The molecule has 0 aliphatic carbocycles. The SMILES string of the molecule is O=C(O)c1ccc(N2CCN(c3ccccc3F)CC2)c(NS(=O)(=O)c2cccc(F)c2)c1. The zero-order valence-electron chi connectivity index (χ0n) is 17.4. The minimum atomic E-state index is -4.17. The van der Waals surface area contributed by atoms with E-state index in [2.05, 4.69) is 4.72 Å². The Labute approximate surface area is 189 Å². The highest BCUT2D eigenvalue weighted by molar-refractivity contribution is 7.92. The number of nitrogens with one attached hydrogen (secondary N) is 1. The van der Waals surface area contributed by atoms with E-state index in [1.54, 1.807) is 18.2 Å². The van der Waals surface area contributed by atoms with Gasteiger partial charge in [0.15, 0.2) is 0 Å². The highest BCUT2D eigenvalue weighted by Crippen LogP contribution is 2.31. The summed E-state index contributed by atoms with van der Waals surface area (Å²) in [7, 11) is -4.17. The van der Waals surface area contributed by atoms with Gasteiger partial charge in [0.2, 0.25) is 0 Å². The molecule has 0 amide bonds. The second kappa shape index (κ2) is 9.07. The van der Waals surface area contributed by atoms with Crippen LogP contribution in [0.15, 0.2) is 71.6 Å². The third-order valence-electron chi connectivity index (χ3n) is 5.41. The Hall–Kier alpha value is -3.66. The highest BCUT2D eigenvalue weighted by Gasteiger charge is 2.24. The molecule has 0 unspecified atom stereocenters. The number of benzene rings is 3. The van der Waals surface area contributed by atoms with Gasteiger partial charge in [0, 0.05) is 26.2 Å². The lowest BCUT2D eigenvalue weighted by Gasteiger charge is -2.38. The van der Waals surface area contributed by atoms with Gasteiger partial charge in [-0.1, -0.05) is 18.2 Å². The molecule has 1 aliphatic heterocycles. The number of nitrogens with zero attached hydrogens (tertiary/aromatic N) is 2. The molecule has 1 heterocycles. The van der Waals surface area contributed by atoms with E-state index in [9.17, 15) is 27.1 Å². The first-order valence-electron chi connectivity index (χ1n) is 10.1. The molecule has 1 saturated heterocycles. The standard InChI is InChI=1S/C23H21F2N3O4S/c24-17-4-3-5-18(15-17)33(31,32)26-20-14-16(23(29)30)8-9-22(20)28-12-10-27(11-13-28)21-7-2-1-6-19(21)25/h1-9,14-15,26H,10-13H2,(H,29,30). The number of para-hydroxylation sites is 1. The van der Waals surface area contributed by atoms with Crippen LogP contribution in [0.4, 0.5) is 25.8 Å². The van der Waals surface area contributed by atoms with Crippen molar-refractivity contribution in [2.45, 2.75) is 4.90 Å². The van der Waals surface area contributed by atoms with E-state index in [1.807, 2.05) is 9.80 Å². The first-order chi connectivity index (χ1) is 15.7. The van der Waals surface area contributed by atoms with Crippen molar-refractivity contribution in [1.29, 1.82) is 0 Å². The lowest BCUT2D eigenvalue weighted by molar-refractivity contribution is 0.0697. The van der Waals surface area contributed by atoms with Crippen molar-refractivity contribution in [2.24, 2.45) is 0 Å². The van der Waals surface area contributed by atoms with Crippen molar-refractivity contribution >= 4 is 33.1 Å². The monoisotopic (exact) mass is 473 g/mol. The van der Waals surface area contributed by atoms with Crippen LogP contribution in [-0.4, -0.2) is 45.7 Å². The maximum Gasteiger partial charge on any atom is 0.335 e. The molecular formula is C23H21F2N3O4S. The molecule has 4 rings (SSSR count). The Morgan fingerprint density at radius 1 is 0.848 bits per heavy atom. The number of carbonyl (C=O) groups is 1. The van der Waals surface area contributed by atoms with Gasteiger partial charge in [0.1, 0.15) is 11.6 Å². The molecule has 0 spiro atoms. The Kier molecular flexibility index (Phi) is 6.19. The predicted octanol–water partition coefficient (Wildman–Crippen LogP) is 3.79. The number of hydrogen-bond donors (Lipinski definition) is 2. The largest absolute Gasteiger partial charge is 0.478 e.